The highest BCUT2D eigenvalue weighted by molar-refractivity contribution is 8.14. The first kappa shape index (κ1) is 17.2. The van der Waals surface area contributed by atoms with Gasteiger partial charge in [0, 0.05) is 24.6 Å². The van der Waals surface area contributed by atoms with Gasteiger partial charge in [0.25, 0.3) is 5.91 Å². The molecular formula is C18H18N4O2S. The van der Waals surface area contributed by atoms with Crippen LogP contribution in [0.3, 0.4) is 0 Å². The van der Waals surface area contributed by atoms with Gasteiger partial charge in [-0.3, -0.25) is 19.6 Å². The molecule has 2 N–H and O–H groups in total. The van der Waals surface area contributed by atoms with E-state index in [0.717, 1.165) is 11.3 Å². The van der Waals surface area contributed by atoms with E-state index in [1.165, 1.54) is 18.0 Å². The van der Waals surface area contributed by atoms with Crippen molar-refractivity contribution in [3.8, 4) is 0 Å². The van der Waals surface area contributed by atoms with Gasteiger partial charge >= 0.3 is 0 Å². The zero-order valence-electron chi connectivity index (χ0n) is 13.5. The molecule has 128 valence electrons. The average Bonchev–Trinajstić information content (AvgIpc) is 3.15. The third-order valence-corrected chi connectivity index (χ3v) is 4.54. The number of amides is 2. The number of carbonyl (C=O) groups excluding carboxylic acids is 2. The van der Waals surface area contributed by atoms with E-state index in [4.69, 9.17) is 0 Å². The molecule has 0 bridgehead atoms. The Hall–Kier alpha value is -2.67. The maximum absolute atomic E-state index is 12.6. The average molecular weight is 354 g/mol. The summed E-state index contributed by atoms with van der Waals surface area (Å²) < 4.78 is 0. The molecule has 0 saturated heterocycles. The Morgan fingerprint density at radius 3 is 2.68 bits per heavy atom. The molecule has 25 heavy (non-hydrogen) atoms. The Morgan fingerprint density at radius 1 is 1.16 bits per heavy atom. The molecule has 2 aromatic rings. The van der Waals surface area contributed by atoms with Crippen LogP contribution in [0.5, 0.6) is 0 Å². The van der Waals surface area contributed by atoms with Gasteiger partial charge < -0.3 is 10.6 Å². The lowest BCUT2D eigenvalue weighted by Crippen LogP contribution is -2.49. The first-order valence-electron chi connectivity index (χ1n) is 7.95. The maximum Gasteiger partial charge on any atom is 0.253 e. The van der Waals surface area contributed by atoms with Gasteiger partial charge in [-0.1, -0.05) is 42.1 Å². The fraction of sp³-hybridized carbons (Fsp3) is 0.222. The molecule has 0 aliphatic carbocycles. The molecule has 0 fully saturated rings. The van der Waals surface area contributed by atoms with E-state index < -0.39 is 6.04 Å². The largest absolute Gasteiger partial charge is 0.340 e. The van der Waals surface area contributed by atoms with Gasteiger partial charge in [-0.2, -0.15) is 0 Å². The van der Waals surface area contributed by atoms with Crippen LogP contribution in [-0.4, -0.2) is 40.3 Å². The number of nitrogens with zero attached hydrogens (tertiary/aromatic N) is 2. The van der Waals surface area contributed by atoms with Gasteiger partial charge in [0.15, 0.2) is 5.17 Å². The SMILES string of the molecule is O=C(N[C@H](Cc1ccccc1)C(=O)NC1=NCCS1)c1cccnc1. The van der Waals surface area contributed by atoms with Crippen LogP contribution in [0.25, 0.3) is 0 Å². The van der Waals surface area contributed by atoms with Crippen LogP contribution >= 0.6 is 11.8 Å². The first-order valence-corrected chi connectivity index (χ1v) is 8.94. The van der Waals surface area contributed by atoms with Crippen molar-refractivity contribution in [2.24, 2.45) is 4.99 Å². The zero-order valence-corrected chi connectivity index (χ0v) is 14.3. The lowest BCUT2D eigenvalue weighted by Gasteiger charge is -2.18. The van der Waals surface area contributed by atoms with Gasteiger partial charge in [0.05, 0.1) is 12.1 Å². The highest BCUT2D eigenvalue weighted by atomic mass is 32.2. The van der Waals surface area contributed by atoms with Crippen molar-refractivity contribution < 1.29 is 9.59 Å². The Bertz CT molecular complexity index is 765. The van der Waals surface area contributed by atoms with Crippen LogP contribution < -0.4 is 10.6 Å². The number of hydrogen-bond acceptors (Lipinski definition) is 5. The van der Waals surface area contributed by atoms with Crippen molar-refractivity contribution in [1.29, 1.82) is 0 Å². The fourth-order valence-corrected chi connectivity index (χ4v) is 3.13. The molecule has 6 nitrogen and oxygen atoms in total. The van der Waals surface area contributed by atoms with Gasteiger partial charge in [-0.15, -0.1) is 0 Å². The van der Waals surface area contributed by atoms with E-state index in [0.29, 0.717) is 23.7 Å². The van der Waals surface area contributed by atoms with Gasteiger partial charge in [-0.25, -0.2) is 0 Å². The zero-order chi connectivity index (χ0) is 17.5. The van der Waals surface area contributed by atoms with Crippen molar-refractivity contribution in [2.45, 2.75) is 12.5 Å². The van der Waals surface area contributed by atoms with Crippen molar-refractivity contribution in [1.82, 2.24) is 15.6 Å². The number of hydrogen-bond donors (Lipinski definition) is 2. The predicted octanol–water partition coefficient (Wildman–Crippen LogP) is 1.64. The lowest BCUT2D eigenvalue weighted by atomic mass is 10.0. The topological polar surface area (TPSA) is 83.5 Å². The summed E-state index contributed by atoms with van der Waals surface area (Å²) in [6.45, 7) is 0.700. The molecule has 1 aromatic heterocycles. The van der Waals surface area contributed by atoms with Crippen molar-refractivity contribution in [2.75, 3.05) is 12.3 Å². The Labute approximate surface area is 150 Å². The van der Waals surface area contributed by atoms with Crippen LogP contribution in [0.2, 0.25) is 0 Å². The van der Waals surface area contributed by atoms with Crippen molar-refractivity contribution in [3.05, 3.63) is 66.0 Å². The molecule has 0 saturated carbocycles. The number of benzene rings is 1. The van der Waals surface area contributed by atoms with Crippen LogP contribution in [-0.2, 0) is 11.2 Å². The third kappa shape index (κ3) is 4.90. The standard InChI is InChI=1S/C18H18N4O2S/c23-16(14-7-4-8-19-12-14)21-15(11-13-5-2-1-3-6-13)17(24)22-18-20-9-10-25-18/h1-8,12,15H,9-11H2,(H,21,23)(H,20,22,24)/t15-/m1/s1. The van der Waals surface area contributed by atoms with Crippen LogP contribution in [0.1, 0.15) is 15.9 Å². The van der Waals surface area contributed by atoms with Gasteiger partial charge in [0.2, 0.25) is 5.91 Å². The number of amidine groups is 1. The van der Waals surface area contributed by atoms with E-state index in [-0.39, 0.29) is 11.8 Å². The Morgan fingerprint density at radius 2 is 2.00 bits per heavy atom. The predicted molar refractivity (Wildman–Crippen MR) is 98.5 cm³/mol. The molecule has 1 aromatic carbocycles. The fourth-order valence-electron chi connectivity index (χ4n) is 2.40. The molecule has 1 atom stereocenters. The summed E-state index contributed by atoms with van der Waals surface area (Å²) >= 11 is 1.51. The molecule has 0 radical (unpaired) electrons. The highest BCUT2D eigenvalue weighted by Crippen LogP contribution is 2.10. The summed E-state index contributed by atoms with van der Waals surface area (Å²) in [5, 5.41) is 6.21. The smallest absolute Gasteiger partial charge is 0.253 e. The lowest BCUT2D eigenvalue weighted by molar-refractivity contribution is -0.121. The molecule has 2 amide bonds. The number of aromatic nitrogens is 1. The summed E-state index contributed by atoms with van der Waals surface area (Å²) in [5.41, 5.74) is 1.39. The Kier molecular flexibility index (Phi) is 5.79. The molecular weight excluding hydrogens is 336 g/mol. The van der Waals surface area contributed by atoms with Crippen LogP contribution in [0, 0.1) is 0 Å². The van der Waals surface area contributed by atoms with Crippen molar-refractivity contribution in [3.63, 3.8) is 0 Å². The number of nitrogens with one attached hydrogen (secondary N) is 2. The van der Waals surface area contributed by atoms with Crippen LogP contribution in [0.15, 0.2) is 59.9 Å². The second-order valence-electron chi connectivity index (χ2n) is 5.48. The van der Waals surface area contributed by atoms with E-state index in [9.17, 15) is 9.59 Å². The second-order valence-corrected chi connectivity index (χ2v) is 6.57. The number of pyridine rings is 1. The monoisotopic (exact) mass is 354 g/mol. The number of aliphatic imine (C=N–C) groups is 1. The number of carbonyl (C=O) groups is 2. The molecule has 1 aliphatic heterocycles. The second kappa shape index (κ2) is 8.43. The van der Waals surface area contributed by atoms with E-state index in [1.807, 2.05) is 30.3 Å². The molecule has 2 heterocycles. The summed E-state index contributed by atoms with van der Waals surface area (Å²) in [5.74, 6) is 0.264. The normalized spacial score (nSPS) is 14.5. The molecule has 0 unspecified atom stereocenters. The minimum Gasteiger partial charge on any atom is -0.340 e. The van der Waals surface area contributed by atoms with Gasteiger partial charge in [0.1, 0.15) is 6.04 Å². The quantitative estimate of drug-likeness (QED) is 0.855. The summed E-state index contributed by atoms with van der Waals surface area (Å²) in [6, 6.07) is 12.2. The summed E-state index contributed by atoms with van der Waals surface area (Å²) in [4.78, 5) is 33.2. The maximum atomic E-state index is 12.6. The summed E-state index contributed by atoms with van der Waals surface area (Å²) in [6.07, 6.45) is 3.47. The summed E-state index contributed by atoms with van der Waals surface area (Å²) in [7, 11) is 0. The molecule has 0 spiro atoms. The Balaban J connectivity index is 1.73. The van der Waals surface area contributed by atoms with Gasteiger partial charge in [-0.05, 0) is 17.7 Å². The number of thioether (sulfide) groups is 1. The molecule has 3 rings (SSSR count). The number of rotatable bonds is 5. The van der Waals surface area contributed by atoms with E-state index in [1.54, 1.807) is 18.3 Å². The first-order chi connectivity index (χ1) is 12.2. The molecule has 7 heteroatoms. The molecule has 1 aliphatic rings. The minimum absolute atomic E-state index is 0.269. The van der Waals surface area contributed by atoms with Crippen molar-refractivity contribution >= 4 is 28.7 Å². The highest BCUT2D eigenvalue weighted by Gasteiger charge is 2.24. The third-order valence-electron chi connectivity index (χ3n) is 3.64. The minimum atomic E-state index is -0.695. The van der Waals surface area contributed by atoms with Crippen LogP contribution in [0.4, 0.5) is 0 Å². The van der Waals surface area contributed by atoms with E-state index >= 15 is 0 Å². The van der Waals surface area contributed by atoms with E-state index in [2.05, 4.69) is 20.6 Å².